The molecule has 0 spiro atoms. The fraction of sp³-hybridized carbons (Fsp3) is 0.312. The Bertz CT molecular complexity index is 759. The Morgan fingerprint density at radius 2 is 2.09 bits per heavy atom. The Hall–Kier alpha value is -2.75. The number of hydrogen-bond acceptors (Lipinski definition) is 3. The topological polar surface area (TPSA) is 81.6 Å². The fourth-order valence-corrected chi connectivity index (χ4v) is 2.51. The quantitative estimate of drug-likeness (QED) is 0.909. The molecule has 0 saturated carbocycles. The molecular formula is C16H16F2N4O. The van der Waals surface area contributed by atoms with E-state index in [9.17, 15) is 18.8 Å². The van der Waals surface area contributed by atoms with Crippen LogP contribution >= 0.6 is 0 Å². The van der Waals surface area contributed by atoms with E-state index < -0.39 is 29.5 Å². The highest BCUT2D eigenvalue weighted by Gasteiger charge is 2.25. The molecule has 0 saturated heterocycles. The minimum atomic E-state index is -1.20. The van der Waals surface area contributed by atoms with Crippen LogP contribution in [0.15, 0.2) is 18.2 Å². The van der Waals surface area contributed by atoms with E-state index in [1.165, 1.54) is 0 Å². The summed E-state index contributed by atoms with van der Waals surface area (Å²) in [4.78, 5) is 12.4. The Morgan fingerprint density at radius 1 is 1.39 bits per heavy atom. The monoisotopic (exact) mass is 318 g/mol. The summed E-state index contributed by atoms with van der Waals surface area (Å²) in [5.74, 6) is -2.62. The van der Waals surface area contributed by atoms with Gasteiger partial charge in [0.2, 0.25) is 5.91 Å². The summed E-state index contributed by atoms with van der Waals surface area (Å²) in [5.41, 5.74) is 2.10. The molecule has 0 aliphatic heterocycles. The zero-order chi connectivity index (χ0) is 17.1. The summed E-state index contributed by atoms with van der Waals surface area (Å²) in [6.45, 7) is 5.24. The number of carbonyl (C=O) groups excluding carboxylic acids is 1. The first kappa shape index (κ1) is 16.6. The summed E-state index contributed by atoms with van der Waals surface area (Å²) in [7, 11) is 0. The van der Waals surface area contributed by atoms with Crippen molar-refractivity contribution in [2.45, 2.75) is 32.7 Å². The number of nitrogens with one attached hydrogen (secondary N) is 2. The van der Waals surface area contributed by atoms with Crippen molar-refractivity contribution < 1.29 is 13.6 Å². The average Bonchev–Trinajstić information content (AvgIpc) is 2.83. The van der Waals surface area contributed by atoms with Gasteiger partial charge in [-0.15, -0.1) is 0 Å². The van der Waals surface area contributed by atoms with Crippen LogP contribution in [-0.2, 0) is 4.79 Å². The van der Waals surface area contributed by atoms with Gasteiger partial charge in [0.05, 0.1) is 17.7 Å². The van der Waals surface area contributed by atoms with E-state index in [1.807, 2.05) is 6.07 Å². The van der Waals surface area contributed by atoms with E-state index in [4.69, 9.17) is 0 Å². The molecule has 2 atom stereocenters. The third-order valence-electron chi connectivity index (χ3n) is 3.70. The second-order valence-corrected chi connectivity index (χ2v) is 5.31. The van der Waals surface area contributed by atoms with Crippen LogP contribution in [0.3, 0.4) is 0 Å². The van der Waals surface area contributed by atoms with Crippen LogP contribution in [0.5, 0.6) is 0 Å². The van der Waals surface area contributed by atoms with Crippen molar-refractivity contribution in [3.05, 3.63) is 52.3 Å². The van der Waals surface area contributed by atoms with Gasteiger partial charge in [-0.25, -0.2) is 8.78 Å². The van der Waals surface area contributed by atoms with Crippen LogP contribution < -0.4 is 5.32 Å². The van der Waals surface area contributed by atoms with Crippen LogP contribution in [0, 0.1) is 36.8 Å². The van der Waals surface area contributed by atoms with Gasteiger partial charge in [-0.05, 0) is 26.8 Å². The number of rotatable bonds is 4. The zero-order valence-corrected chi connectivity index (χ0v) is 12.9. The molecule has 23 heavy (non-hydrogen) atoms. The Labute approximate surface area is 132 Å². The van der Waals surface area contributed by atoms with E-state index in [-0.39, 0.29) is 5.56 Å². The molecule has 0 aliphatic carbocycles. The third-order valence-corrected chi connectivity index (χ3v) is 3.70. The summed E-state index contributed by atoms with van der Waals surface area (Å²) in [5, 5.41) is 18.5. The molecule has 2 aromatic rings. The van der Waals surface area contributed by atoms with E-state index in [0.717, 1.165) is 23.4 Å². The molecule has 0 radical (unpaired) electrons. The summed E-state index contributed by atoms with van der Waals surface area (Å²) >= 11 is 0. The number of aromatic amines is 1. The number of benzene rings is 1. The molecule has 7 heteroatoms. The second-order valence-electron chi connectivity index (χ2n) is 5.31. The number of H-pyrrole nitrogens is 1. The van der Waals surface area contributed by atoms with Crippen molar-refractivity contribution >= 4 is 5.91 Å². The van der Waals surface area contributed by atoms with Crippen LogP contribution in [0.25, 0.3) is 0 Å². The largest absolute Gasteiger partial charge is 0.336 e. The Morgan fingerprint density at radius 3 is 2.61 bits per heavy atom. The van der Waals surface area contributed by atoms with Crippen LogP contribution in [-0.4, -0.2) is 16.1 Å². The van der Waals surface area contributed by atoms with E-state index in [2.05, 4.69) is 15.5 Å². The lowest BCUT2D eigenvalue weighted by Gasteiger charge is -2.17. The summed E-state index contributed by atoms with van der Waals surface area (Å²) in [6, 6.07) is 3.50. The third kappa shape index (κ3) is 3.37. The molecule has 2 N–H and O–H groups in total. The molecule has 1 aromatic heterocycles. The first-order chi connectivity index (χ1) is 10.8. The standard InChI is InChI=1S/C16H16F2N4O/c1-8(15-9(2)21-22-10(15)3)16(23)20-14(7-19)12-5-4-11(17)6-13(12)18/h4-6,8,14H,1-3H3,(H,20,23)(H,21,22)/t8-,14+/m0/s1. The van der Waals surface area contributed by atoms with Crippen molar-refractivity contribution in [1.29, 1.82) is 5.26 Å². The number of amides is 1. The molecule has 1 amide bonds. The number of nitrogens with zero attached hydrogens (tertiary/aromatic N) is 2. The second kappa shape index (κ2) is 6.57. The van der Waals surface area contributed by atoms with Gasteiger partial charge in [-0.2, -0.15) is 10.4 Å². The van der Waals surface area contributed by atoms with Gasteiger partial charge < -0.3 is 5.32 Å². The highest BCUT2D eigenvalue weighted by atomic mass is 19.1. The van der Waals surface area contributed by atoms with E-state index >= 15 is 0 Å². The Kier molecular flexibility index (Phi) is 4.74. The highest BCUT2D eigenvalue weighted by Crippen LogP contribution is 2.24. The number of nitriles is 1. The van der Waals surface area contributed by atoms with Gasteiger partial charge in [0.25, 0.3) is 0 Å². The van der Waals surface area contributed by atoms with Gasteiger partial charge in [-0.3, -0.25) is 9.89 Å². The van der Waals surface area contributed by atoms with Gasteiger partial charge in [0, 0.05) is 22.9 Å². The van der Waals surface area contributed by atoms with Gasteiger partial charge >= 0.3 is 0 Å². The molecular weight excluding hydrogens is 302 g/mol. The molecule has 0 fully saturated rings. The zero-order valence-electron chi connectivity index (χ0n) is 12.9. The number of carbonyl (C=O) groups is 1. The lowest BCUT2D eigenvalue weighted by molar-refractivity contribution is -0.122. The number of hydrogen-bond donors (Lipinski definition) is 2. The lowest BCUT2D eigenvalue weighted by atomic mass is 9.97. The predicted molar refractivity (Wildman–Crippen MR) is 79.3 cm³/mol. The first-order valence-electron chi connectivity index (χ1n) is 7.01. The smallest absolute Gasteiger partial charge is 0.228 e. The van der Waals surface area contributed by atoms with Crippen molar-refractivity contribution in [2.75, 3.05) is 0 Å². The molecule has 0 bridgehead atoms. The highest BCUT2D eigenvalue weighted by molar-refractivity contribution is 5.84. The molecule has 2 rings (SSSR count). The maximum atomic E-state index is 13.8. The lowest BCUT2D eigenvalue weighted by Crippen LogP contribution is -2.32. The van der Waals surface area contributed by atoms with Gasteiger partial charge in [-0.1, -0.05) is 6.07 Å². The summed E-state index contributed by atoms with van der Waals surface area (Å²) < 4.78 is 26.7. The normalized spacial score (nSPS) is 13.2. The molecule has 0 unspecified atom stereocenters. The van der Waals surface area contributed by atoms with Crippen LogP contribution in [0.4, 0.5) is 8.78 Å². The van der Waals surface area contributed by atoms with Gasteiger partial charge in [0.15, 0.2) is 0 Å². The fourth-order valence-electron chi connectivity index (χ4n) is 2.51. The average molecular weight is 318 g/mol. The van der Waals surface area contributed by atoms with Crippen molar-refractivity contribution in [3.8, 4) is 6.07 Å². The number of aromatic nitrogens is 2. The number of halogens is 2. The number of aryl methyl sites for hydroxylation is 2. The maximum absolute atomic E-state index is 13.8. The van der Waals surface area contributed by atoms with Crippen LogP contribution in [0.1, 0.15) is 41.4 Å². The minimum absolute atomic E-state index is 0.0740. The molecule has 0 aliphatic rings. The predicted octanol–water partition coefficient (Wildman–Crippen LogP) is 2.79. The van der Waals surface area contributed by atoms with Crippen molar-refractivity contribution in [1.82, 2.24) is 15.5 Å². The van der Waals surface area contributed by atoms with E-state index in [0.29, 0.717) is 11.8 Å². The Balaban J connectivity index is 2.22. The molecule has 1 aromatic carbocycles. The van der Waals surface area contributed by atoms with E-state index in [1.54, 1.807) is 20.8 Å². The maximum Gasteiger partial charge on any atom is 0.228 e. The molecule has 1 heterocycles. The molecule has 120 valence electrons. The van der Waals surface area contributed by atoms with Gasteiger partial charge in [0.1, 0.15) is 17.7 Å². The first-order valence-corrected chi connectivity index (χ1v) is 7.01. The van der Waals surface area contributed by atoms with Crippen LogP contribution in [0.2, 0.25) is 0 Å². The molecule has 5 nitrogen and oxygen atoms in total. The van der Waals surface area contributed by atoms with Crippen molar-refractivity contribution in [3.63, 3.8) is 0 Å². The van der Waals surface area contributed by atoms with Crippen molar-refractivity contribution in [2.24, 2.45) is 0 Å². The minimum Gasteiger partial charge on any atom is -0.336 e. The summed E-state index contributed by atoms with van der Waals surface area (Å²) in [6.07, 6.45) is 0. The SMILES string of the molecule is Cc1n[nH]c(C)c1[C@H](C)C(=O)N[C@H](C#N)c1ccc(F)cc1F.